The maximum Gasteiger partial charge on any atom is 0.282 e. The number of hydrogen-bond donors (Lipinski definition) is 1. The molecule has 0 spiro atoms. The minimum Gasteiger partial charge on any atom is -0.454 e. The highest BCUT2D eigenvalue weighted by Crippen LogP contribution is 2.37. The van der Waals surface area contributed by atoms with E-state index >= 15 is 0 Å². The summed E-state index contributed by atoms with van der Waals surface area (Å²) in [6.45, 7) is 0.0109. The van der Waals surface area contributed by atoms with Crippen molar-refractivity contribution in [2.45, 2.75) is 6.42 Å². The number of carbonyl (C=O) groups excluding carboxylic acids is 1. The molecule has 1 amide bonds. The van der Waals surface area contributed by atoms with Crippen LogP contribution in [0.3, 0.4) is 0 Å². The lowest BCUT2D eigenvalue weighted by atomic mass is 10.1. The molecule has 128 valence electrons. The normalized spacial score (nSPS) is 12.4. The Bertz CT molecular complexity index is 852. The van der Waals surface area contributed by atoms with E-state index in [9.17, 15) is 14.9 Å². The van der Waals surface area contributed by atoms with Gasteiger partial charge in [-0.05, 0) is 23.8 Å². The summed E-state index contributed by atoms with van der Waals surface area (Å²) in [6.07, 6.45) is 1.35. The summed E-state index contributed by atoms with van der Waals surface area (Å²) in [5, 5.41) is 14.9. The maximum atomic E-state index is 11.9. The van der Waals surface area contributed by atoms with Crippen molar-refractivity contribution in [3.63, 3.8) is 0 Å². The van der Waals surface area contributed by atoms with E-state index in [2.05, 4.69) is 26.5 Å². The van der Waals surface area contributed by atoms with Gasteiger partial charge in [-0.1, -0.05) is 28.1 Å². The molecule has 0 saturated carbocycles. The first-order valence-electron chi connectivity index (χ1n) is 7.17. The molecule has 0 saturated heterocycles. The predicted molar refractivity (Wildman–Crippen MR) is 92.8 cm³/mol. The van der Waals surface area contributed by atoms with Crippen LogP contribution < -0.4 is 14.9 Å². The number of rotatable bonds is 5. The van der Waals surface area contributed by atoms with Crippen LogP contribution in [0.25, 0.3) is 0 Å². The van der Waals surface area contributed by atoms with Crippen LogP contribution in [0.5, 0.6) is 11.5 Å². The third-order valence-electron chi connectivity index (χ3n) is 3.39. The average Bonchev–Trinajstić information content (AvgIpc) is 3.03. The standard InChI is InChI=1S/C16H12BrN3O5/c17-12-3-1-10(2-4-12)5-16(21)19-18-8-11-6-14-15(25-9-24-14)7-13(11)20(22)23/h1-4,6-8H,5,9H2,(H,19,21)/b18-8+. The van der Waals surface area contributed by atoms with E-state index in [1.165, 1.54) is 18.3 Å². The Morgan fingerprint density at radius 2 is 1.96 bits per heavy atom. The summed E-state index contributed by atoms with van der Waals surface area (Å²) in [4.78, 5) is 22.5. The van der Waals surface area contributed by atoms with Crippen molar-refractivity contribution >= 4 is 33.7 Å². The first-order valence-corrected chi connectivity index (χ1v) is 7.96. The third-order valence-corrected chi connectivity index (χ3v) is 3.92. The van der Waals surface area contributed by atoms with Gasteiger partial charge >= 0.3 is 0 Å². The number of halogens is 1. The van der Waals surface area contributed by atoms with Crippen molar-refractivity contribution in [1.82, 2.24) is 5.43 Å². The lowest BCUT2D eigenvalue weighted by Crippen LogP contribution is -2.19. The quantitative estimate of drug-likeness (QED) is 0.467. The van der Waals surface area contributed by atoms with Crippen LogP contribution in [-0.4, -0.2) is 23.8 Å². The number of nitrogens with one attached hydrogen (secondary N) is 1. The lowest BCUT2D eigenvalue weighted by Gasteiger charge is -2.02. The van der Waals surface area contributed by atoms with Crippen molar-refractivity contribution in [2.75, 3.05) is 6.79 Å². The molecule has 1 aliphatic heterocycles. The molecule has 9 heteroatoms. The van der Waals surface area contributed by atoms with E-state index in [-0.39, 0.29) is 30.4 Å². The largest absolute Gasteiger partial charge is 0.454 e. The Kier molecular flexibility index (Phi) is 4.94. The van der Waals surface area contributed by atoms with Gasteiger partial charge in [0.1, 0.15) is 0 Å². The van der Waals surface area contributed by atoms with Gasteiger partial charge in [-0.2, -0.15) is 5.10 Å². The summed E-state index contributed by atoms with van der Waals surface area (Å²) in [5.74, 6) is 0.373. The van der Waals surface area contributed by atoms with Crippen LogP contribution in [0.2, 0.25) is 0 Å². The molecule has 2 aromatic carbocycles. The zero-order chi connectivity index (χ0) is 17.8. The minimum atomic E-state index is -0.549. The fourth-order valence-electron chi connectivity index (χ4n) is 2.21. The Morgan fingerprint density at radius 3 is 2.64 bits per heavy atom. The second kappa shape index (κ2) is 7.31. The second-order valence-corrected chi connectivity index (χ2v) is 6.03. The molecule has 3 rings (SSSR count). The van der Waals surface area contributed by atoms with Gasteiger partial charge in [0.25, 0.3) is 5.69 Å². The number of nitro groups is 1. The number of fused-ring (bicyclic) bond motifs is 1. The predicted octanol–water partition coefficient (Wildman–Crippen LogP) is 2.78. The monoisotopic (exact) mass is 405 g/mol. The smallest absolute Gasteiger partial charge is 0.282 e. The third kappa shape index (κ3) is 4.13. The van der Waals surface area contributed by atoms with Crippen molar-refractivity contribution < 1.29 is 19.2 Å². The molecule has 2 aromatic rings. The van der Waals surface area contributed by atoms with Crippen LogP contribution in [0.15, 0.2) is 46.0 Å². The SMILES string of the molecule is O=C(Cc1ccc(Br)cc1)N/N=C/c1cc2c(cc1[N+](=O)[O-])OCO2. The van der Waals surface area contributed by atoms with E-state index in [0.29, 0.717) is 11.5 Å². The molecule has 0 atom stereocenters. The van der Waals surface area contributed by atoms with Gasteiger partial charge in [0.15, 0.2) is 11.5 Å². The first-order chi connectivity index (χ1) is 12.0. The summed E-state index contributed by atoms with van der Waals surface area (Å²) in [7, 11) is 0. The topological polar surface area (TPSA) is 103 Å². The number of amides is 1. The number of benzene rings is 2. The molecule has 1 aliphatic rings. The van der Waals surface area contributed by atoms with Crippen molar-refractivity contribution in [3.05, 3.63) is 62.1 Å². The average molecular weight is 406 g/mol. The number of nitrogens with zero attached hydrogens (tertiary/aromatic N) is 2. The molecular weight excluding hydrogens is 394 g/mol. The molecule has 1 heterocycles. The molecule has 0 fully saturated rings. The molecule has 0 aliphatic carbocycles. The molecule has 25 heavy (non-hydrogen) atoms. The molecule has 8 nitrogen and oxygen atoms in total. The Labute approximate surface area is 150 Å². The van der Waals surface area contributed by atoms with Crippen LogP contribution in [-0.2, 0) is 11.2 Å². The van der Waals surface area contributed by atoms with E-state index in [4.69, 9.17) is 9.47 Å². The van der Waals surface area contributed by atoms with Crippen LogP contribution >= 0.6 is 15.9 Å². The lowest BCUT2D eigenvalue weighted by molar-refractivity contribution is -0.385. The van der Waals surface area contributed by atoms with Gasteiger partial charge < -0.3 is 9.47 Å². The van der Waals surface area contributed by atoms with E-state index in [0.717, 1.165) is 10.0 Å². The fourth-order valence-corrected chi connectivity index (χ4v) is 2.47. The molecule has 0 bridgehead atoms. The van der Waals surface area contributed by atoms with Gasteiger partial charge in [0.2, 0.25) is 12.7 Å². The summed E-state index contributed by atoms with van der Waals surface area (Å²) in [5.41, 5.74) is 3.20. The summed E-state index contributed by atoms with van der Waals surface area (Å²) >= 11 is 3.32. The Balaban J connectivity index is 1.68. The van der Waals surface area contributed by atoms with Gasteiger partial charge in [0, 0.05) is 4.47 Å². The number of ether oxygens (including phenoxy) is 2. The fraction of sp³-hybridized carbons (Fsp3) is 0.125. The molecule has 0 aromatic heterocycles. The number of hydrazone groups is 1. The summed E-state index contributed by atoms with van der Waals surface area (Å²) < 4.78 is 11.2. The molecular formula is C16H12BrN3O5. The molecule has 1 N–H and O–H groups in total. The number of carbonyl (C=O) groups is 1. The number of hydrogen-bond acceptors (Lipinski definition) is 6. The minimum absolute atomic E-state index is 0.0109. The highest BCUT2D eigenvalue weighted by Gasteiger charge is 2.22. The van der Waals surface area contributed by atoms with Crippen molar-refractivity contribution in [2.24, 2.45) is 5.10 Å². The van der Waals surface area contributed by atoms with Gasteiger partial charge in [-0.3, -0.25) is 14.9 Å². The second-order valence-electron chi connectivity index (χ2n) is 5.12. The first kappa shape index (κ1) is 16.9. The maximum absolute atomic E-state index is 11.9. The van der Waals surface area contributed by atoms with Crippen LogP contribution in [0.1, 0.15) is 11.1 Å². The molecule has 0 unspecified atom stereocenters. The zero-order valence-electron chi connectivity index (χ0n) is 12.8. The van der Waals surface area contributed by atoms with E-state index < -0.39 is 4.92 Å². The van der Waals surface area contributed by atoms with Crippen LogP contribution in [0.4, 0.5) is 5.69 Å². The summed E-state index contributed by atoms with van der Waals surface area (Å²) in [6, 6.07) is 10.0. The van der Waals surface area contributed by atoms with E-state index in [1.807, 2.05) is 24.3 Å². The highest BCUT2D eigenvalue weighted by molar-refractivity contribution is 9.10. The molecule has 0 radical (unpaired) electrons. The number of nitro benzene ring substituents is 1. The van der Waals surface area contributed by atoms with Gasteiger partial charge in [0.05, 0.1) is 29.2 Å². The van der Waals surface area contributed by atoms with Gasteiger partial charge in [-0.15, -0.1) is 0 Å². The Hall–Kier alpha value is -2.94. The Morgan fingerprint density at radius 1 is 1.28 bits per heavy atom. The highest BCUT2D eigenvalue weighted by atomic mass is 79.9. The van der Waals surface area contributed by atoms with E-state index in [1.54, 1.807) is 0 Å². The zero-order valence-corrected chi connectivity index (χ0v) is 14.4. The van der Waals surface area contributed by atoms with Crippen molar-refractivity contribution in [1.29, 1.82) is 0 Å². The van der Waals surface area contributed by atoms with Crippen molar-refractivity contribution in [3.8, 4) is 11.5 Å². The van der Waals surface area contributed by atoms with Crippen LogP contribution in [0, 0.1) is 10.1 Å². The van der Waals surface area contributed by atoms with Gasteiger partial charge in [-0.25, -0.2) is 5.43 Å².